The van der Waals surface area contributed by atoms with E-state index in [-0.39, 0.29) is 31.5 Å². The van der Waals surface area contributed by atoms with Crippen LogP contribution in [-0.4, -0.2) is 45.0 Å². The van der Waals surface area contributed by atoms with E-state index >= 15 is 0 Å². The average Bonchev–Trinajstić information content (AvgIpc) is 2.59. The van der Waals surface area contributed by atoms with Crippen molar-refractivity contribution in [1.82, 2.24) is 0 Å². The smallest absolute Gasteiger partial charge is 0.319 e. The van der Waals surface area contributed by atoms with Crippen molar-refractivity contribution in [3.8, 4) is 0 Å². The number of hydrogen-bond acceptors (Lipinski definition) is 7. The number of Topliss-reactive ketones (excluding diaryl/α,β-unsaturated/α-hetero) is 1. The van der Waals surface area contributed by atoms with Gasteiger partial charge in [0.25, 0.3) is 0 Å². The van der Waals surface area contributed by atoms with Gasteiger partial charge in [-0.15, -0.1) is 0 Å². The van der Waals surface area contributed by atoms with Gasteiger partial charge in [0.2, 0.25) is 0 Å². The fraction of sp³-hybridized carbons (Fsp3) is 0.750. The van der Waals surface area contributed by atoms with Crippen molar-refractivity contribution in [2.75, 3.05) is 21.3 Å². The van der Waals surface area contributed by atoms with E-state index in [4.69, 9.17) is 9.47 Å². The highest BCUT2D eigenvalue weighted by molar-refractivity contribution is 6.04. The summed E-state index contributed by atoms with van der Waals surface area (Å²) in [5, 5.41) is 0. The van der Waals surface area contributed by atoms with Crippen molar-refractivity contribution in [1.29, 1.82) is 0 Å². The molecule has 0 saturated carbocycles. The van der Waals surface area contributed by atoms with Gasteiger partial charge in [0.05, 0.1) is 27.2 Å². The molecule has 0 heterocycles. The number of hydrogen-bond donors (Lipinski definition) is 0. The minimum absolute atomic E-state index is 0.0491. The van der Waals surface area contributed by atoms with Gasteiger partial charge >= 0.3 is 17.9 Å². The Balaban J connectivity index is 5.69. The van der Waals surface area contributed by atoms with Crippen LogP contribution in [0, 0.1) is 11.3 Å². The van der Waals surface area contributed by atoms with Gasteiger partial charge in [-0.2, -0.15) is 0 Å². The molecule has 0 aromatic heterocycles. The third kappa shape index (κ3) is 5.33. The molecule has 7 heteroatoms. The Morgan fingerprint density at radius 3 is 1.96 bits per heavy atom. The number of ether oxygens (including phenoxy) is 3. The minimum Gasteiger partial charge on any atom is -0.469 e. The fourth-order valence-corrected chi connectivity index (χ4v) is 2.59. The summed E-state index contributed by atoms with van der Waals surface area (Å²) in [6.45, 7) is 3.39. The summed E-state index contributed by atoms with van der Waals surface area (Å²) >= 11 is 0. The first-order valence-electron chi connectivity index (χ1n) is 7.59. The third-order valence-corrected chi connectivity index (χ3v) is 4.04. The monoisotopic (exact) mass is 330 g/mol. The second-order valence-corrected chi connectivity index (χ2v) is 5.26. The van der Waals surface area contributed by atoms with E-state index in [0.29, 0.717) is 6.42 Å². The number of ketones is 1. The standard InChI is InChI=1S/C16H26O7/c1-6-11(14(19)22-4)10-16(12(17)7-2,15(20)23-5)9-8-13(18)21-3/h11H,6-10H2,1-5H3. The topological polar surface area (TPSA) is 96.0 Å². The number of esters is 3. The summed E-state index contributed by atoms with van der Waals surface area (Å²) in [5.74, 6) is -2.77. The fourth-order valence-electron chi connectivity index (χ4n) is 2.59. The Kier molecular flexibility index (Phi) is 9.14. The van der Waals surface area contributed by atoms with E-state index < -0.39 is 29.2 Å². The molecule has 0 amide bonds. The van der Waals surface area contributed by atoms with Crippen molar-refractivity contribution in [3.63, 3.8) is 0 Å². The van der Waals surface area contributed by atoms with Gasteiger partial charge in [-0.05, 0) is 19.3 Å². The molecule has 0 saturated heterocycles. The zero-order chi connectivity index (χ0) is 18.0. The van der Waals surface area contributed by atoms with Crippen LogP contribution in [0.3, 0.4) is 0 Å². The predicted molar refractivity (Wildman–Crippen MR) is 81.4 cm³/mol. The molecule has 0 aromatic rings. The molecule has 7 nitrogen and oxygen atoms in total. The molecule has 23 heavy (non-hydrogen) atoms. The van der Waals surface area contributed by atoms with Crippen molar-refractivity contribution in [2.24, 2.45) is 11.3 Å². The van der Waals surface area contributed by atoms with Crippen molar-refractivity contribution < 1.29 is 33.4 Å². The molecule has 0 N–H and O–H groups in total. The van der Waals surface area contributed by atoms with Gasteiger partial charge in [-0.3, -0.25) is 19.2 Å². The Labute approximate surface area is 136 Å². The highest BCUT2D eigenvalue weighted by Gasteiger charge is 2.48. The molecule has 2 atom stereocenters. The molecular formula is C16H26O7. The zero-order valence-corrected chi connectivity index (χ0v) is 14.5. The molecule has 0 aliphatic carbocycles. The summed E-state index contributed by atoms with van der Waals surface area (Å²) in [5.41, 5.74) is -1.55. The van der Waals surface area contributed by atoms with Gasteiger partial charge < -0.3 is 14.2 Å². The summed E-state index contributed by atoms with van der Waals surface area (Å²) in [6, 6.07) is 0. The second kappa shape index (κ2) is 9.97. The number of carbonyl (C=O) groups is 4. The van der Waals surface area contributed by atoms with Crippen molar-refractivity contribution in [2.45, 2.75) is 46.0 Å². The van der Waals surface area contributed by atoms with Crippen LogP contribution in [0.5, 0.6) is 0 Å². The average molecular weight is 330 g/mol. The molecule has 0 bridgehead atoms. The van der Waals surface area contributed by atoms with Crippen LogP contribution >= 0.6 is 0 Å². The van der Waals surface area contributed by atoms with Crippen LogP contribution in [0.1, 0.15) is 46.0 Å². The lowest BCUT2D eigenvalue weighted by Gasteiger charge is -2.31. The lowest BCUT2D eigenvalue weighted by molar-refractivity contribution is -0.162. The first-order valence-corrected chi connectivity index (χ1v) is 7.59. The normalized spacial score (nSPS) is 14.3. The Morgan fingerprint density at radius 2 is 1.57 bits per heavy atom. The van der Waals surface area contributed by atoms with Crippen LogP contribution in [0.4, 0.5) is 0 Å². The quantitative estimate of drug-likeness (QED) is 0.341. The summed E-state index contributed by atoms with van der Waals surface area (Å²) in [4.78, 5) is 48.2. The van der Waals surface area contributed by atoms with Crippen molar-refractivity contribution in [3.05, 3.63) is 0 Å². The first-order chi connectivity index (χ1) is 10.8. The molecule has 0 rings (SSSR count). The molecule has 2 unspecified atom stereocenters. The maximum atomic E-state index is 12.5. The predicted octanol–water partition coefficient (Wildman–Crippen LogP) is 1.67. The number of methoxy groups -OCH3 is 3. The largest absolute Gasteiger partial charge is 0.469 e. The molecule has 0 aliphatic rings. The highest BCUT2D eigenvalue weighted by atomic mass is 16.5. The van der Waals surface area contributed by atoms with E-state index in [0.717, 1.165) is 0 Å². The van der Waals surface area contributed by atoms with Crippen LogP contribution in [0.15, 0.2) is 0 Å². The highest BCUT2D eigenvalue weighted by Crippen LogP contribution is 2.37. The first kappa shape index (κ1) is 21.1. The van der Waals surface area contributed by atoms with E-state index in [9.17, 15) is 19.2 Å². The van der Waals surface area contributed by atoms with E-state index in [1.807, 2.05) is 0 Å². The third-order valence-electron chi connectivity index (χ3n) is 4.04. The van der Waals surface area contributed by atoms with E-state index in [1.54, 1.807) is 13.8 Å². The zero-order valence-electron chi connectivity index (χ0n) is 14.5. The van der Waals surface area contributed by atoms with Crippen LogP contribution < -0.4 is 0 Å². The number of rotatable bonds is 10. The molecule has 0 fully saturated rings. The van der Waals surface area contributed by atoms with Gasteiger partial charge in [0.15, 0.2) is 0 Å². The van der Waals surface area contributed by atoms with Gasteiger partial charge in [-0.1, -0.05) is 13.8 Å². The van der Waals surface area contributed by atoms with E-state index in [1.165, 1.54) is 21.3 Å². The molecule has 0 aliphatic heterocycles. The lowest BCUT2D eigenvalue weighted by Crippen LogP contribution is -2.43. The summed E-state index contributed by atoms with van der Waals surface area (Å²) in [6.07, 6.45) is 0.266. The maximum absolute atomic E-state index is 12.5. The van der Waals surface area contributed by atoms with Crippen LogP contribution in [0.25, 0.3) is 0 Å². The van der Waals surface area contributed by atoms with Crippen LogP contribution in [-0.2, 0) is 33.4 Å². The molecule has 0 radical (unpaired) electrons. The Bertz CT molecular complexity index is 426. The molecule has 0 spiro atoms. The van der Waals surface area contributed by atoms with Crippen LogP contribution in [0.2, 0.25) is 0 Å². The van der Waals surface area contributed by atoms with Gasteiger partial charge in [0, 0.05) is 12.8 Å². The summed E-state index contributed by atoms with van der Waals surface area (Å²) in [7, 11) is 3.66. The maximum Gasteiger partial charge on any atom is 0.319 e. The van der Waals surface area contributed by atoms with Crippen molar-refractivity contribution >= 4 is 23.7 Å². The van der Waals surface area contributed by atoms with Gasteiger partial charge in [0.1, 0.15) is 11.2 Å². The van der Waals surface area contributed by atoms with Gasteiger partial charge in [-0.25, -0.2) is 0 Å². The SMILES string of the molecule is CCC(=O)C(CCC(=O)OC)(CC(CC)C(=O)OC)C(=O)OC. The molecular weight excluding hydrogens is 304 g/mol. The summed E-state index contributed by atoms with van der Waals surface area (Å²) < 4.78 is 14.1. The molecule has 132 valence electrons. The minimum atomic E-state index is -1.55. The number of carbonyl (C=O) groups excluding carboxylic acids is 4. The lowest BCUT2D eigenvalue weighted by atomic mass is 9.71. The second-order valence-electron chi connectivity index (χ2n) is 5.26. The van der Waals surface area contributed by atoms with E-state index in [2.05, 4.69) is 4.74 Å². The Morgan fingerprint density at radius 1 is 0.957 bits per heavy atom. The molecule has 0 aromatic carbocycles. The Hall–Kier alpha value is -1.92.